The number of carbonyl (C=O) groups excluding carboxylic acids is 1. The zero-order valence-corrected chi connectivity index (χ0v) is 10.8. The molecule has 3 nitrogen and oxygen atoms in total. The summed E-state index contributed by atoms with van der Waals surface area (Å²) < 4.78 is 13.0. The van der Waals surface area contributed by atoms with E-state index < -0.39 is 17.1 Å². The number of halogens is 2. The van der Waals surface area contributed by atoms with Crippen LogP contribution in [-0.4, -0.2) is 22.9 Å². The Labute approximate surface area is 109 Å². The standard InChI is InChI=1S/C11H13ClFNO2S/c1-6(17)11(16)14-10(5-15)7-2-3-9(13)8(12)4-7/h2-4,6,10,15,17H,5H2,1H3,(H,14,16). The molecule has 6 heteroatoms. The second-order valence-electron chi connectivity index (χ2n) is 3.59. The van der Waals surface area contributed by atoms with Gasteiger partial charge >= 0.3 is 0 Å². The molecule has 0 saturated carbocycles. The van der Waals surface area contributed by atoms with Gasteiger partial charge in [-0.3, -0.25) is 4.79 Å². The van der Waals surface area contributed by atoms with Gasteiger partial charge in [-0.25, -0.2) is 4.39 Å². The van der Waals surface area contributed by atoms with Gasteiger partial charge in [-0.05, 0) is 24.6 Å². The number of carbonyl (C=O) groups is 1. The van der Waals surface area contributed by atoms with Crippen molar-refractivity contribution in [1.29, 1.82) is 0 Å². The second kappa shape index (κ2) is 6.23. The van der Waals surface area contributed by atoms with Gasteiger partial charge < -0.3 is 10.4 Å². The quantitative estimate of drug-likeness (QED) is 0.737. The maximum atomic E-state index is 13.0. The molecule has 2 atom stereocenters. The molecule has 1 amide bonds. The largest absolute Gasteiger partial charge is 0.394 e. The van der Waals surface area contributed by atoms with Crippen LogP contribution in [0.15, 0.2) is 18.2 Å². The van der Waals surface area contributed by atoms with Crippen molar-refractivity contribution in [2.45, 2.75) is 18.2 Å². The van der Waals surface area contributed by atoms with Crippen LogP contribution in [0.25, 0.3) is 0 Å². The van der Waals surface area contributed by atoms with E-state index in [1.807, 2.05) is 0 Å². The molecule has 1 rings (SSSR count). The molecule has 2 unspecified atom stereocenters. The maximum absolute atomic E-state index is 13.0. The molecule has 2 N–H and O–H groups in total. The van der Waals surface area contributed by atoms with Crippen molar-refractivity contribution < 1.29 is 14.3 Å². The van der Waals surface area contributed by atoms with Crippen LogP contribution < -0.4 is 5.32 Å². The van der Waals surface area contributed by atoms with Crippen LogP contribution >= 0.6 is 24.2 Å². The Morgan fingerprint density at radius 2 is 2.29 bits per heavy atom. The Hall–Kier alpha value is -0.780. The SMILES string of the molecule is CC(S)C(=O)NC(CO)c1ccc(F)c(Cl)c1. The summed E-state index contributed by atoms with van der Waals surface area (Å²) in [4.78, 5) is 11.4. The van der Waals surface area contributed by atoms with Gasteiger partial charge in [0.25, 0.3) is 0 Å². The lowest BCUT2D eigenvalue weighted by Gasteiger charge is -2.18. The van der Waals surface area contributed by atoms with Gasteiger partial charge in [0.05, 0.1) is 22.9 Å². The number of thiol groups is 1. The third kappa shape index (κ3) is 3.87. The molecule has 0 aliphatic rings. The van der Waals surface area contributed by atoms with Crippen molar-refractivity contribution in [1.82, 2.24) is 5.32 Å². The van der Waals surface area contributed by atoms with E-state index in [2.05, 4.69) is 17.9 Å². The number of rotatable bonds is 4. The fourth-order valence-electron chi connectivity index (χ4n) is 1.26. The van der Waals surface area contributed by atoms with Crippen LogP contribution in [0.2, 0.25) is 5.02 Å². The molecule has 94 valence electrons. The number of amides is 1. The fraction of sp³-hybridized carbons (Fsp3) is 0.364. The highest BCUT2D eigenvalue weighted by molar-refractivity contribution is 7.81. The summed E-state index contributed by atoms with van der Waals surface area (Å²) in [6.45, 7) is 1.32. The molecule has 0 aromatic heterocycles. The average molecular weight is 278 g/mol. The summed E-state index contributed by atoms with van der Waals surface area (Å²) in [5.41, 5.74) is 0.543. The number of aliphatic hydroxyl groups is 1. The van der Waals surface area contributed by atoms with Crippen LogP contribution in [0.5, 0.6) is 0 Å². The highest BCUT2D eigenvalue weighted by Crippen LogP contribution is 2.21. The first-order valence-corrected chi connectivity index (χ1v) is 5.89. The fourth-order valence-corrected chi connectivity index (χ4v) is 1.52. The lowest BCUT2D eigenvalue weighted by atomic mass is 10.1. The van der Waals surface area contributed by atoms with Crippen molar-refractivity contribution >= 4 is 30.1 Å². The highest BCUT2D eigenvalue weighted by atomic mass is 35.5. The summed E-state index contributed by atoms with van der Waals surface area (Å²) in [6.07, 6.45) is 0. The van der Waals surface area contributed by atoms with Crippen molar-refractivity contribution in [2.75, 3.05) is 6.61 Å². The van der Waals surface area contributed by atoms with Crippen molar-refractivity contribution in [3.8, 4) is 0 Å². The Bertz CT molecular complexity index is 414. The van der Waals surface area contributed by atoms with Crippen molar-refractivity contribution in [3.63, 3.8) is 0 Å². The molecular weight excluding hydrogens is 265 g/mol. The van der Waals surface area contributed by atoms with Crippen LogP contribution in [-0.2, 0) is 4.79 Å². The van der Waals surface area contributed by atoms with Crippen LogP contribution in [0.1, 0.15) is 18.5 Å². The molecule has 1 aromatic rings. The summed E-state index contributed by atoms with van der Waals surface area (Å²) in [7, 11) is 0. The summed E-state index contributed by atoms with van der Waals surface area (Å²) in [5.74, 6) is -0.853. The zero-order chi connectivity index (χ0) is 13.0. The van der Waals surface area contributed by atoms with E-state index in [4.69, 9.17) is 11.6 Å². The smallest absolute Gasteiger partial charge is 0.233 e. The Morgan fingerprint density at radius 3 is 2.76 bits per heavy atom. The molecule has 0 radical (unpaired) electrons. The molecule has 0 aliphatic carbocycles. The third-order valence-corrected chi connectivity index (χ3v) is 2.75. The number of hydrogen-bond acceptors (Lipinski definition) is 3. The highest BCUT2D eigenvalue weighted by Gasteiger charge is 2.17. The van der Waals surface area contributed by atoms with E-state index in [0.29, 0.717) is 5.56 Å². The lowest BCUT2D eigenvalue weighted by Crippen LogP contribution is -2.35. The lowest BCUT2D eigenvalue weighted by molar-refractivity contribution is -0.121. The van der Waals surface area contributed by atoms with Gasteiger partial charge in [-0.1, -0.05) is 17.7 Å². The first-order valence-electron chi connectivity index (χ1n) is 5.00. The Morgan fingerprint density at radius 1 is 1.65 bits per heavy atom. The van der Waals surface area contributed by atoms with Gasteiger partial charge in [0.1, 0.15) is 5.82 Å². The summed E-state index contributed by atoms with van der Waals surface area (Å²) >= 11 is 9.61. The van der Waals surface area contributed by atoms with Gasteiger partial charge in [0.15, 0.2) is 0 Å². The van der Waals surface area contributed by atoms with Crippen LogP contribution in [0.4, 0.5) is 4.39 Å². The first-order chi connectivity index (χ1) is 7.95. The first kappa shape index (κ1) is 14.3. The van der Waals surface area contributed by atoms with E-state index in [9.17, 15) is 14.3 Å². The molecule has 0 heterocycles. The van der Waals surface area contributed by atoms with Gasteiger partial charge in [-0.15, -0.1) is 0 Å². The van der Waals surface area contributed by atoms with Gasteiger partial charge in [-0.2, -0.15) is 12.6 Å². The van der Waals surface area contributed by atoms with E-state index in [1.165, 1.54) is 18.2 Å². The maximum Gasteiger partial charge on any atom is 0.233 e. The predicted molar refractivity (Wildman–Crippen MR) is 67.8 cm³/mol. The monoisotopic (exact) mass is 277 g/mol. The van der Waals surface area contributed by atoms with Crippen molar-refractivity contribution in [2.24, 2.45) is 0 Å². The summed E-state index contributed by atoms with van der Waals surface area (Å²) in [5, 5.41) is 11.2. The molecule has 0 fully saturated rings. The van der Waals surface area contributed by atoms with Gasteiger partial charge in [0, 0.05) is 0 Å². The van der Waals surface area contributed by atoms with E-state index in [1.54, 1.807) is 6.92 Å². The van der Waals surface area contributed by atoms with E-state index in [-0.39, 0.29) is 17.5 Å². The van der Waals surface area contributed by atoms with E-state index >= 15 is 0 Å². The number of nitrogens with one attached hydrogen (secondary N) is 1. The summed E-state index contributed by atoms with van der Waals surface area (Å²) in [6, 6.07) is 3.42. The normalized spacial score (nSPS) is 14.2. The Kier molecular flexibility index (Phi) is 5.24. The molecule has 17 heavy (non-hydrogen) atoms. The molecule has 0 saturated heterocycles. The van der Waals surface area contributed by atoms with Gasteiger partial charge in [0.2, 0.25) is 5.91 Å². The minimum Gasteiger partial charge on any atom is -0.394 e. The second-order valence-corrected chi connectivity index (χ2v) is 4.78. The molecule has 0 aliphatic heterocycles. The predicted octanol–water partition coefficient (Wildman–Crippen LogP) is 1.95. The average Bonchev–Trinajstić information content (AvgIpc) is 2.29. The molecule has 1 aromatic carbocycles. The molecule has 0 spiro atoms. The van der Waals surface area contributed by atoms with Crippen molar-refractivity contribution in [3.05, 3.63) is 34.6 Å². The van der Waals surface area contributed by atoms with Crippen LogP contribution in [0.3, 0.4) is 0 Å². The Balaban J connectivity index is 2.86. The molecular formula is C11H13ClFNO2S. The third-order valence-electron chi connectivity index (χ3n) is 2.22. The number of benzene rings is 1. The van der Waals surface area contributed by atoms with Crippen LogP contribution in [0, 0.1) is 5.82 Å². The number of hydrogen-bond donors (Lipinski definition) is 3. The zero-order valence-electron chi connectivity index (χ0n) is 9.15. The topological polar surface area (TPSA) is 49.3 Å². The van der Waals surface area contributed by atoms with E-state index in [0.717, 1.165) is 0 Å². The minimum atomic E-state index is -0.616. The molecule has 0 bridgehead atoms. The number of aliphatic hydroxyl groups excluding tert-OH is 1. The minimum absolute atomic E-state index is 0.0471.